The third-order valence-corrected chi connectivity index (χ3v) is 9.52. The summed E-state index contributed by atoms with van der Waals surface area (Å²) in [7, 11) is 0. The summed E-state index contributed by atoms with van der Waals surface area (Å²) in [5, 5.41) is 9.60. The van der Waals surface area contributed by atoms with E-state index in [0.717, 1.165) is 64.2 Å². The van der Waals surface area contributed by atoms with Gasteiger partial charge in [0.1, 0.15) is 6.10 Å². The number of aliphatic hydroxyl groups is 1. The van der Waals surface area contributed by atoms with Gasteiger partial charge >= 0.3 is 5.97 Å². The molecule has 0 saturated heterocycles. The van der Waals surface area contributed by atoms with Gasteiger partial charge in [-0.1, -0.05) is 189 Å². The quantitative estimate of drug-likeness (QED) is 0.0385. The van der Waals surface area contributed by atoms with Crippen LogP contribution >= 0.6 is 0 Å². The second kappa shape index (κ2) is 46.0. The predicted molar refractivity (Wildman–Crippen MR) is 232 cm³/mol. The van der Waals surface area contributed by atoms with E-state index in [1.165, 1.54) is 122 Å². The molecule has 0 saturated carbocycles. The number of allylic oxidation sites excluding steroid dienone is 12. The van der Waals surface area contributed by atoms with Crippen molar-refractivity contribution in [2.24, 2.45) is 0 Å². The summed E-state index contributed by atoms with van der Waals surface area (Å²) >= 11 is 0. The Balaban J connectivity index is 3.45. The molecule has 1 N–H and O–H groups in total. The molecule has 0 heterocycles. The SMILES string of the molecule is CC/C=C\C/C=C\C/C=C\CCCCCCCC(=O)OC(CO)COCCCCCCCCCCCCC/C=C\C/C=C\C/C=C\CCCCCCC. The Morgan fingerprint density at radius 2 is 0.849 bits per heavy atom. The molecular formula is C49H86O4. The van der Waals surface area contributed by atoms with Gasteiger partial charge in [0.25, 0.3) is 0 Å². The van der Waals surface area contributed by atoms with E-state index in [-0.39, 0.29) is 19.2 Å². The molecule has 0 aliphatic carbocycles. The number of carbonyl (C=O) groups excluding carboxylic acids is 1. The van der Waals surface area contributed by atoms with Gasteiger partial charge in [0.2, 0.25) is 0 Å². The number of carbonyl (C=O) groups is 1. The molecule has 0 aromatic heterocycles. The number of aliphatic hydroxyl groups excluding tert-OH is 1. The summed E-state index contributed by atoms with van der Waals surface area (Å²) in [5.41, 5.74) is 0. The van der Waals surface area contributed by atoms with Crippen LogP contribution in [0.1, 0.15) is 206 Å². The highest BCUT2D eigenvalue weighted by Crippen LogP contribution is 2.13. The van der Waals surface area contributed by atoms with Crippen molar-refractivity contribution in [1.82, 2.24) is 0 Å². The van der Waals surface area contributed by atoms with E-state index in [1.807, 2.05) is 0 Å². The number of rotatable bonds is 41. The summed E-state index contributed by atoms with van der Waals surface area (Å²) in [6.45, 7) is 5.20. The predicted octanol–water partition coefficient (Wildman–Crippen LogP) is 15.0. The molecule has 4 heteroatoms. The van der Waals surface area contributed by atoms with Crippen molar-refractivity contribution >= 4 is 5.97 Å². The molecule has 1 atom stereocenters. The summed E-state index contributed by atoms with van der Waals surface area (Å²) in [5.74, 6) is -0.220. The fourth-order valence-corrected chi connectivity index (χ4v) is 6.17. The Morgan fingerprint density at radius 3 is 1.28 bits per heavy atom. The van der Waals surface area contributed by atoms with Gasteiger partial charge in [-0.05, 0) is 83.5 Å². The van der Waals surface area contributed by atoms with Crippen molar-refractivity contribution < 1.29 is 19.4 Å². The smallest absolute Gasteiger partial charge is 0.306 e. The Kier molecular flexibility index (Phi) is 44.1. The van der Waals surface area contributed by atoms with Gasteiger partial charge in [-0.15, -0.1) is 0 Å². The van der Waals surface area contributed by atoms with Gasteiger partial charge in [0.15, 0.2) is 0 Å². The summed E-state index contributed by atoms with van der Waals surface area (Å²) in [6.07, 6.45) is 62.6. The van der Waals surface area contributed by atoms with Gasteiger partial charge in [-0.25, -0.2) is 0 Å². The molecule has 0 rings (SSSR count). The van der Waals surface area contributed by atoms with Crippen LogP contribution in [0, 0.1) is 0 Å². The van der Waals surface area contributed by atoms with E-state index in [9.17, 15) is 9.90 Å². The van der Waals surface area contributed by atoms with Crippen LogP contribution in [0.4, 0.5) is 0 Å². The zero-order valence-corrected chi connectivity index (χ0v) is 35.0. The third-order valence-electron chi connectivity index (χ3n) is 9.52. The van der Waals surface area contributed by atoms with Crippen LogP contribution < -0.4 is 0 Å². The maximum Gasteiger partial charge on any atom is 0.306 e. The lowest BCUT2D eigenvalue weighted by molar-refractivity contribution is -0.154. The van der Waals surface area contributed by atoms with Gasteiger partial charge in [0.05, 0.1) is 13.2 Å². The lowest BCUT2D eigenvalue weighted by Crippen LogP contribution is -2.27. The molecule has 0 aromatic rings. The molecular weight excluding hydrogens is 653 g/mol. The van der Waals surface area contributed by atoms with Crippen LogP contribution in [0.3, 0.4) is 0 Å². The lowest BCUT2D eigenvalue weighted by Gasteiger charge is -2.15. The largest absolute Gasteiger partial charge is 0.457 e. The van der Waals surface area contributed by atoms with Crippen LogP contribution in [0.15, 0.2) is 72.9 Å². The maximum atomic E-state index is 12.2. The summed E-state index contributed by atoms with van der Waals surface area (Å²) < 4.78 is 11.2. The zero-order chi connectivity index (χ0) is 38.4. The van der Waals surface area contributed by atoms with Gasteiger partial charge in [0, 0.05) is 13.0 Å². The van der Waals surface area contributed by atoms with Gasteiger partial charge in [-0.2, -0.15) is 0 Å². The minimum atomic E-state index is -0.548. The van der Waals surface area contributed by atoms with Crippen molar-refractivity contribution in [3.05, 3.63) is 72.9 Å². The molecule has 0 bridgehead atoms. The summed E-state index contributed by atoms with van der Waals surface area (Å²) in [4.78, 5) is 12.2. The molecule has 306 valence electrons. The van der Waals surface area contributed by atoms with Crippen molar-refractivity contribution in [3.8, 4) is 0 Å². The summed E-state index contributed by atoms with van der Waals surface area (Å²) in [6, 6.07) is 0. The molecule has 1 unspecified atom stereocenters. The first-order valence-corrected chi connectivity index (χ1v) is 22.5. The van der Waals surface area contributed by atoms with Crippen LogP contribution in [-0.2, 0) is 14.3 Å². The minimum Gasteiger partial charge on any atom is -0.457 e. The molecule has 0 aliphatic heterocycles. The molecule has 0 aromatic carbocycles. The van der Waals surface area contributed by atoms with E-state index in [1.54, 1.807) is 0 Å². The van der Waals surface area contributed by atoms with Crippen LogP contribution in [0.25, 0.3) is 0 Å². The van der Waals surface area contributed by atoms with Gasteiger partial charge < -0.3 is 14.6 Å². The Bertz CT molecular complexity index is 911. The van der Waals surface area contributed by atoms with Crippen molar-refractivity contribution in [2.75, 3.05) is 19.8 Å². The molecule has 0 aliphatic rings. The minimum absolute atomic E-state index is 0.183. The fourth-order valence-electron chi connectivity index (χ4n) is 6.17. The number of ether oxygens (including phenoxy) is 2. The topological polar surface area (TPSA) is 55.8 Å². The molecule has 4 nitrogen and oxygen atoms in total. The second-order valence-corrected chi connectivity index (χ2v) is 14.7. The maximum absolute atomic E-state index is 12.2. The van der Waals surface area contributed by atoms with Crippen molar-refractivity contribution in [2.45, 2.75) is 213 Å². The lowest BCUT2D eigenvalue weighted by atomic mass is 10.1. The fraction of sp³-hybridized carbons (Fsp3) is 0.735. The molecule has 0 amide bonds. The molecule has 0 fully saturated rings. The Morgan fingerprint density at radius 1 is 0.472 bits per heavy atom. The first-order chi connectivity index (χ1) is 26.2. The average Bonchev–Trinajstić information content (AvgIpc) is 3.16. The normalized spacial score (nSPS) is 13.0. The number of hydrogen-bond acceptors (Lipinski definition) is 4. The van der Waals surface area contributed by atoms with E-state index < -0.39 is 6.10 Å². The number of hydrogen-bond donors (Lipinski definition) is 1. The third kappa shape index (κ3) is 44.1. The first-order valence-electron chi connectivity index (χ1n) is 22.5. The first kappa shape index (κ1) is 50.8. The molecule has 53 heavy (non-hydrogen) atoms. The standard InChI is InChI=1S/C49H86O4/c1-3-5-7-9-11-13-15-17-19-20-21-22-23-24-25-26-27-28-29-31-33-35-37-39-41-43-45-52-47-48(46-50)53-49(51)44-42-40-38-36-34-32-30-18-16-14-12-10-8-6-4-2/h6,8,12,14-15,17-18,20-21,23-24,30,48,50H,3-5,7,9-11,13,16,19,22,25-29,31-47H2,1-2H3/b8-6-,14-12-,17-15-,21-20-,24-23-,30-18-. The second-order valence-electron chi connectivity index (χ2n) is 14.7. The Hall–Kier alpha value is -2.17. The monoisotopic (exact) mass is 739 g/mol. The molecule has 0 radical (unpaired) electrons. The average molecular weight is 739 g/mol. The highest BCUT2D eigenvalue weighted by Gasteiger charge is 2.13. The van der Waals surface area contributed by atoms with Crippen LogP contribution in [-0.4, -0.2) is 37.0 Å². The molecule has 0 spiro atoms. The van der Waals surface area contributed by atoms with Crippen LogP contribution in [0.5, 0.6) is 0 Å². The van der Waals surface area contributed by atoms with Crippen LogP contribution in [0.2, 0.25) is 0 Å². The van der Waals surface area contributed by atoms with Gasteiger partial charge in [-0.3, -0.25) is 4.79 Å². The Labute approximate surface area is 329 Å². The zero-order valence-electron chi connectivity index (χ0n) is 35.0. The van der Waals surface area contributed by atoms with E-state index in [2.05, 4.69) is 86.8 Å². The number of esters is 1. The van der Waals surface area contributed by atoms with Crippen molar-refractivity contribution in [3.63, 3.8) is 0 Å². The highest BCUT2D eigenvalue weighted by molar-refractivity contribution is 5.69. The van der Waals surface area contributed by atoms with E-state index >= 15 is 0 Å². The van der Waals surface area contributed by atoms with Crippen molar-refractivity contribution in [1.29, 1.82) is 0 Å². The van der Waals surface area contributed by atoms with E-state index in [4.69, 9.17) is 9.47 Å². The van der Waals surface area contributed by atoms with E-state index in [0.29, 0.717) is 13.0 Å². The highest BCUT2D eigenvalue weighted by atomic mass is 16.6. The number of unbranched alkanes of at least 4 members (excludes halogenated alkanes) is 21.